The maximum absolute atomic E-state index is 12.8. The van der Waals surface area contributed by atoms with Gasteiger partial charge in [0.15, 0.2) is 0 Å². The van der Waals surface area contributed by atoms with Crippen molar-refractivity contribution in [3.63, 3.8) is 0 Å². The first kappa shape index (κ1) is 26.1. The van der Waals surface area contributed by atoms with Gasteiger partial charge in [-0.15, -0.1) is 0 Å². The van der Waals surface area contributed by atoms with E-state index in [0.717, 1.165) is 17.5 Å². The fourth-order valence-corrected chi connectivity index (χ4v) is 5.36. The van der Waals surface area contributed by atoms with Gasteiger partial charge in [-0.3, -0.25) is 4.79 Å². The molecule has 0 heterocycles. The van der Waals surface area contributed by atoms with Crippen molar-refractivity contribution in [3.05, 3.63) is 36.4 Å². The number of rotatable bonds is 8. The van der Waals surface area contributed by atoms with Gasteiger partial charge < -0.3 is 15.7 Å². The number of nitrogens with one attached hydrogen (secondary N) is 1. The smallest absolute Gasteiger partial charge is 0.321 e. The van der Waals surface area contributed by atoms with Crippen LogP contribution in [0.3, 0.4) is 0 Å². The van der Waals surface area contributed by atoms with Gasteiger partial charge in [-0.25, -0.2) is 8.42 Å². The third-order valence-corrected chi connectivity index (χ3v) is 7.25. The van der Waals surface area contributed by atoms with Crippen LogP contribution < -0.4 is 15.4 Å². The monoisotopic (exact) mass is 463 g/mol. The predicted octanol–water partition coefficient (Wildman–Crippen LogP) is 4.11. The Morgan fingerprint density at radius 1 is 1.12 bits per heavy atom. The number of unbranched alkanes of at least 4 members (excludes halogenated alkanes) is 1. The zero-order valence-corrected chi connectivity index (χ0v) is 20.2. The third-order valence-electron chi connectivity index (χ3n) is 5.72. The Balaban J connectivity index is 0.000000439. The number of carboxylic acids is 1. The summed E-state index contributed by atoms with van der Waals surface area (Å²) in [4.78, 5) is 13.4. The van der Waals surface area contributed by atoms with Crippen LogP contribution >= 0.6 is 0 Å². The van der Waals surface area contributed by atoms with Crippen LogP contribution in [0.1, 0.15) is 58.3 Å². The van der Waals surface area contributed by atoms with Gasteiger partial charge in [0.05, 0.1) is 4.90 Å². The summed E-state index contributed by atoms with van der Waals surface area (Å²) < 4.78 is 28.0. The second-order valence-corrected chi connectivity index (χ2v) is 10.3. The van der Waals surface area contributed by atoms with Crippen molar-refractivity contribution in [2.75, 3.05) is 19.0 Å². The first-order valence-electron chi connectivity index (χ1n) is 11.4. The molecule has 0 saturated heterocycles. The lowest BCUT2D eigenvalue weighted by atomic mass is 9.97. The summed E-state index contributed by atoms with van der Waals surface area (Å²) in [6, 6.07) is 9.88. The molecule has 178 valence electrons. The molecule has 8 heteroatoms. The number of carboxylic acid groups (broad SMARTS) is 1. The van der Waals surface area contributed by atoms with E-state index in [1.54, 1.807) is 18.2 Å². The molecular weight excluding hydrogens is 426 g/mol. The minimum Gasteiger partial charge on any atom is -0.480 e. The van der Waals surface area contributed by atoms with E-state index in [4.69, 9.17) is 5.73 Å². The summed E-state index contributed by atoms with van der Waals surface area (Å²) in [5.41, 5.74) is 6.53. The molecule has 2 aromatic rings. The van der Waals surface area contributed by atoms with Gasteiger partial charge in [0.25, 0.3) is 0 Å². The first-order valence-corrected chi connectivity index (χ1v) is 12.9. The van der Waals surface area contributed by atoms with Crippen molar-refractivity contribution in [2.24, 2.45) is 5.73 Å². The molecule has 1 aliphatic rings. The number of nitrogens with zero attached hydrogens (tertiary/aromatic N) is 1. The first-order chi connectivity index (χ1) is 15.2. The fourth-order valence-electron chi connectivity index (χ4n) is 3.91. The van der Waals surface area contributed by atoms with Crippen LogP contribution in [0, 0.1) is 0 Å². The molecule has 0 radical (unpaired) electrons. The number of carbonyl (C=O) groups is 1. The molecule has 1 atom stereocenters. The molecule has 4 N–H and O–H groups in total. The molecule has 1 saturated carbocycles. The highest BCUT2D eigenvalue weighted by molar-refractivity contribution is 7.89. The van der Waals surface area contributed by atoms with Gasteiger partial charge in [-0.2, -0.15) is 4.72 Å². The van der Waals surface area contributed by atoms with Crippen LogP contribution in [0.2, 0.25) is 0 Å². The number of benzene rings is 2. The van der Waals surface area contributed by atoms with Crippen LogP contribution in [0.25, 0.3) is 10.8 Å². The minimum absolute atomic E-state index is 0.0939. The van der Waals surface area contributed by atoms with Crippen LogP contribution in [0.4, 0.5) is 5.69 Å². The zero-order chi connectivity index (χ0) is 23.7. The van der Waals surface area contributed by atoms with Crippen molar-refractivity contribution < 1.29 is 18.3 Å². The van der Waals surface area contributed by atoms with Crippen LogP contribution in [-0.4, -0.2) is 45.7 Å². The molecular formula is C24H37N3O4S. The molecule has 0 amide bonds. The van der Waals surface area contributed by atoms with Gasteiger partial charge in [-0.05, 0) is 31.4 Å². The van der Waals surface area contributed by atoms with Gasteiger partial charge in [-0.1, -0.05) is 63.3 Å². The van der Waals surface area contributed by atoms with Crippen LogP contribution in [0.5, 0.6) is 0 Å². The van der Waals surface area contributed by atoms with Crippen molar-refractivity contribution in [1.82, 2.24) is 4.72 Å². The van der Waals surface area contributed by atoms with Gasteiger partial charge in [0.1, 0.15) is 6.04 Å². The summed E-state index contributed by atoms with van der Waals surface area (Å²) in [6.07, 6.45) is 8.36. The molecule has 1 aliphatic carbocycles. The molecule has 3 rings (SSSR count). The average Bonchev–Trinajstić information content (AvgIpc) is 2.76. The van der Waals surface area contributed by atoms with Crippen LogP contribution in [-0.2, 0) is 14.8 Å². The summed E-state index contributed by atoms with van der Waals surface area (Å²) in [6.45, 7) is 1.93. The Labute approximate surface area is 192 Å². The van der Waals surface area contributed by atoms with Crippen molar-refractivity contribution >= 4 is 32.5 Å². The summed E-state index contributed by atoms with van der Waals surface area (Å²) in [5, 5.41) is 10.7. The Bertz CT molecular complexity index is 986. The number of fused-ring (bicyclic) bond motifs is 1. The van der Waals surface area contributed by atoms with Gasteiger partial charge in [0, 0.05) is 36.6 Å². The Morgan fingerprint density at radius 3 is 2.28 bits per heavy atom. The van der Waals surface area contributed by atoms with E-state index in [9.17, 15) is 18.3 Å². The number of hydrogen-bond donors (Lipinski definition) is 3. The number of anilines is 1. The maximum atomic E-state index is 12.8. The minimum atomic E-state index is -3.95. The SMILES string of the molecule is CCCC[C@H](NS(=O)(=O)c1cccc2c(N(C)C)cccc12)C(=O)O.NC1CCCCC1. The lowest BCUT2D eigenvalue weighted by Crippen LogP contribution is -2.40. The predicted molar refractivity (Wildman–Crippen MR) is 131 cm³/mol. The van der Waals surface area contributed by atoms with Crippen molar-refractivity contribution in [3.8, 4) is 0 Å². The number of sulfonamides is 1. The molecule has 0 spiro atoms. The van der Waals surface area contributed by atoms with E-state index < -0.39 is 22.0 Å². The molecule has 0 aromatic heterocycles. The summed E-state index contributed by atoms with van der Waals surface area (Å²) in [5.74, 6) is -1.16. The normalized spacial score (nSPS) is 15.6. The highest BCUT2D eigenvalue weighted by atomic mass is 32.2. The lowest BCUT2D eigenvalue weighted by Gasteiger charge is -2.18. The third kappa shape index (κ3) is 7.18. The second kappa shape index (κ2) is 12.2. The average molecular weight is 464 g/mol. The Kier molecular flexibility index (Phi) is 9.93. The number of hydrogen-bond acceptors (Lipinski definition) is 5. The fraction of sp³-hybridized carbons (Fsp3) is 0.542. The number of nitrogens with two attached hydrogens (primary N) is 1. The number of aliphatic carboxylic acids is 1. The van der Waals surface area contributed by atoms with Crippen molar-refractivity contribution in [2.45, 2.75) is 75.3 Å². The van der Waals surface area contributed by atoms with E-state index in [-0.39, 0.29) is 11.3 Å². The maximum Gasteiger partial charge on any atom is 0.321 e. The topological polar surface area (TPSA) is 113 Å². The van der Waals surface area contributed by atoms with E-state index in [2.05, 4.69) is 4.72 Å². The lowest BCUT2D eigenvalue weighted by molar-refractivity contribution is -0.139. The molecule has 32 heavy (non-hydrogen) atoms. The standard InChI is InChI=1S/C18H24N2O4S.C6H13N/c1-4-5-10-15(18(21)22)19-25(23,24)17-12-7-8-13-14(17)9-6-11-16(13)20(2)3;7-6-4-2-1-3-5-6/h6-9,11-12,15,19H,4-5,10H2,1-3H3,(H,21,22);6H,1-5,7H2/t15-;/m0./s1. The van der Waals surface area contributed by atoms with Crippen LogP contribution in [0.15, 0.2) is 41.3 Å². The van der Waals surface area contributed by atoms with Crippen molar-refractivity contribution in [1.29, 1.82) is 0 Å². The largest absolute Gasteiger partial charge is 0.480 e. The highest BCUT2D eigenvalue weighted by Crippen LogP contribution is 2.30. The van der Waals surface area contributed by atoms with Gasteiger partial charge in [0.2, 0.25) is 10.0 Å². The van der Waals surface area contributed by atoms with E-state index in [0.29, 0.717) is 17.8 Å². The molecule has 0 aliphatic heterocycles. The zero-order valence-electron chi connectivity index (χ0n) is 19.4. The van der Waals surface area contributed by atoms with E-state index in [1.807, 2.05) is 38.1 Å². The molecule has 0 unspecified atom stereocenters. The molecule has 0 bridgehead atoms. The van der Waals surface area contributed by atoms with E-state index in [1.165, 1.54) is 38.2 Å². The molecule has 7 nitrogen and oxygen atoms in total. The highest BCUT2D eigenvalue weighted by Gasteiger charge is 2.26. The quantitative estimate of drug-likeness (QED) is 0.543. The van der Waals surface area contributed by atoms with Gasteiger partial charge >= 0.3 is 5.97 Å². The Morgan fingerprint density at radius 2 is 1.75 bits per heavy atom. The summed E-state index contributed by atoms with van der Waals surface area (Å²) >= 11 is 0. The summed E-state index contributed by atoms with van der Waals surface area (Å²) in [7, 11) is -0.177. The molecule has 2 aromatic carbocycles. The molecule has 1 fully saturated rings. The van der Waals surface area contributed by atoms with E-state index >= 15 is 0 Å². The second-order valence-electron chi connectivity index (χ2n) is 8.58. The Hall–Kier alpha value is -2.16.